The minimum atomic E-state index is -0.590. The molecule has 0 saturated carbocycles. The molecule has 1 aromatic carbocycles. The van der Waals surface area contributed by atoms with Gasteiger partial charge in [-0.2, -0.15) is 5.10 Å². The van der Waals surface area contributed by atoms with Gasteiger partial charge in [-0.05, 0) is 37.6 Å². The van der Waals surface area contributed by atoms with Crippen LogP contribution in [0.25, 0.3) is 0 Å². The van der Waals surface area contributed by atoms with Crippen molar-refractivity contribution in [3.8, 4) is 5.75 Å². The number of amides is 1. The van der Waals surface area contributed by atoms with Crippen molar-refractivity contribution in [2.24, 2.45) is 0 Å². The molecule has 0 spiro atoms. The lowest BCUT2D eigenvalue weighted by molar-refractivity contribution is -0.138. The fourth-order valence-corrected chi connectivity index (χ4v) is 3.12. The highest BCUT2D eigenvalue weighted by Crippen LogP contribution is 2.26. The molecule has 1 N–H and O–H groups in total. The van der Waals surface area contributed by atoms with Crippen molar-refractivity contribution in [2.45, 2.75) is 39.6 Å². The van der Waals surface area contributed by atoms with Crippen molar-refractivity contribution >= 4 is 17.5 Å². The monoisotopic (exact) mass is 349 g/mol. The summed E-state index contributed by atoms with van der Waals surface area (Å²) in [5, 5.41) is 13.9. The van der Waals surface area contributed by atoms with E-state index in [0.717, 1.165) is 16.8 Å². The minimum Gasteiger partial charge on any atom is -0.481 e. The summed E-state index contributed by atoms with van der Waals surface area (Å²) in [6, 6.07) is 5.33. The van der Waals surface area contributed by atoms with Crippen LogP contribution in [0.3, 0.4) is 0 Å². The van der Waals surface area contributed by atoms with Crippen LogP contribution >= 0.6 is 11.6 Å². The molecule has 2 heterocycles. The first-order valence-electron chi connectivity index (χ1n) is 7.85. The molecule has 3 rings (SSSR count). The maximum atomic E-state index is 12.7. The molecule has 128 valence electrons. The summed E-state index contributed by atoms with van der Waals surface area (Å²) in [6.07, 6.45) is 1.17. The van der Waals surface area contributed by atoms with Crippen LogP contribution in [0.15, 0.2) is 24.4 Å². The molecular weight excluding hydrogens is 330 g/mol. The molecule has 1 aliphatic heterocycles. The third-order valence-corrected chi connectivity index (χ3v) is 4.38. The van der Waals surface area contributed by atoms with Gasteiger partial charge in [-0.25, -0.2) is 0 Å². The Labute approximate surface area is 145 Å². The van der Waals surface area contributed by atoms with Crippen molar-refractivity contribution < 1.29 is 14.6 Å². The molecule has 24 heavy (non-hydrogen) atoms. The maximum absolute atomic E-state index is 12.7. The number of hydrogen-bond donors (Lipinski definition) is 1. The molecule has 1 aromatic heterocycles. The summed E-state index contributed by atoms with van der Waals surface area (Å²) >= 11 is 5.94. The van der Waals surface area contributed by atoms with E-state index in [-0.39, 0.29) is 12.5 Å². The van der Waals surface area contributed by atoms with Crippen LogP contribution in [-0.2, 0) is 24.4 Å². The zero-order chi connectivity index (χ0) is 17.3. The van der Waals surface area contributed by atoms with Gasteiger partial charge in [0.1, 0.15) is 5.75 Å². The van der Waals surface area contributed by atoms with Crippen LogP contribution in [-0.4, -0.2) is 38.4 Å². The summed E-state index contributed by atoms with van der Waals surface area (Å²) in [6.45, 7) is 5.12. The molecule has 1 unspecified atom stereocenters. The van der Waals surface area contributed by atoms with E-state index >= 15 is 0 Å². The van der Waals surface area contributed by atoms with E-state index < -0.39 is 6.10 Å². The number of nitrogens with zero attached hydrogens (tertiary/aromatic N) is 3. The molecule has 6 nitrogen and oxygen atoms in total. The quantitative estimate of drug-likeness (QED) is 0.898. The molecule has 0 radical (unpaired) electrons. The molecule has 0 aliphatic carbocycles. The van der Waals surface area contributed by atoms with E-state index in [4.69, 9.17) is 21.4 Å². The molecule has 0 bridgehead atoms. The number of rotatable bonds is 5. The lowest BCUT2D eigenvalue weighted by Crippen LogP contribution is -2.37. The van der Waals surface area contributed by atoms with E-state index in [9.17, 15) is 4.79 Å². The summed E-state index contributed by atoms with van der Waals surface area (Å²) in [4.78, 5) is 14.4. The third kappa shape index (κ3) is 3.25. The zero-order valence-electron chi connectivity index (χ0n) is 13.7. The number of aliphatic hydroxyl groups excluding tert-OH is 1. The Morgan fingerprint density at radius 2 is 2.25 bits per heavy atom. The van der Waals surface area contributed by atoms with Gasteiger partial charge in [0, 0.05) is 17.1 Å². The van der Waals surface area contributed by atoms with Crippen LogP contribution in [0.1, 0.15) is 23.7 Å². The average Bonchev–Trinajstić information content (AvgIpc) is 3.11. The van der Waals surface area contributed by atoms with Crippen LogP contribution in [0.2, 0.25) is 5.02 Å². The van der Waals surface area contributed by atoms with E-state index in [0.29, 0.717) is 30.4 Å². The predicted octanol–water partition coefficient (Wildman–Crippen LogP) is 2.15. The molecule has 1 aliphatic rings. The Morgan fingerprint density at radius 1 is 1.46 bits per heavy atom. The van der Waals surface area contributed by atoms with E-state index in [2.05, 4.69) is 5.10 Å². The second-order valence-electron chi connectivity index (χ2n) is 5.93. The first kappa shape index (κ1) is 16.8. The number of carbonyl (C=O) groups is 1. The first-order valence-corrected chi connectivity index (χ1v) is 8.23. The van der Waals surface area contributed by atoms with Gasteiger partial charge >= 0.3 is 0 Å². The van der Waals surface area contributed by atoms with Gasteiger partial charge in [-0.3, -0.25) is 9.48 Å². The summed E-state index contributed by atoms with van der Waals surface area (Å²) in [5.74, 6) is 0.583. The predicted molar refractivity (Wildman–Crippen MR) is 89.8 cm³/mol. The Balaban J connectivity index is 1.66. The highest BCUT2D eigenvalue weighted by atomic mass is 35.5. The Hall–Kier alpha value is -2.05. The Bertz CT molecular complexity index is 760. The number of ether oxygens (including phenoxy) is 1. The number of aromatic nitrogens is 2. The number of carbonyl (C=O) groups excluding carboxylic acids is 1. The molecule has 2 aromatic rings. The molecule has 1 amide bonds. The van der Waals surface area contributed by atoms with Gasteiger partial charge in [-0.15, -0.1) is 0 Å². The van der Waals surface area contributed by atoms with Crippen LogP contribution in [0.5, 0.6) is 5.75 Å². The van der Waals surface area contributed by atoms with Crippen LogP contribution < -0.4 is 4.74 Å². The average molecular weight is 350 g/mol. The van der Waals surface area contributed by atoms with E-state index in [1.807, 2.05) is 13.0 Å². The normalized spacial score (nSPS) is 14.6. The van der Waals surface area contributed by atoms with Crippen molar-refractivity contribution in [2.75, 3.05) is 6.61 Å². The van der Waals surface area contributed by atoms with Gasteiger partial charge in [0.15, 0.2) is 6.10 Å². The van der Waals surface area contributed by atoms with Crippen molar-refractivity contribution in [1.29, 1.82) is 0 Å². The van der Waals surface area contributed by atoms with Crippen molar-refractivity contribution in [3.63, 3.8) is 0 Å². The summed E-state index contributed by atoms with van der Waals surface area (Å²) < 4.78 is 7.56. The van der Waals surface area contributed by atoms with Gasteiger partial charge < -0.3 is 14.7 Å². The summed E-state index contributed by atoms with van der Waals surface area (Å²) in [5.41, 5.74) is 2.89. The standard InChI is InChI=1S/C17H20ClN3O3/c1-11-7-14(18)3-4-16(11)24-12(2)17(23)20-9-13-8-19-21(5-6-22)15(13)10-20/h3-4,7-8,12,22H,5-6,9-10H2,1-2H3. The second-order valence-corrected chi connectivity index (χ2v) is 6.36. The first-order chi connectivity index (χ1) is 11.5. The number of aliphatic hydroxyl groups is 1. The molecular formula is C17H20ClN3O3. The van der Waals surface area contributed by atoms with Crippen molar-refractivity contribution in [3.05, 3.63) is 46.2 Å². The number of benzene rings is 1. The Morgan fingerprint density at radius 3 is 2.96 bits per heavy atom. The number of aryl methyl sites for hydroxylation is 1. The summed E-state index contributed by atoms with van der Waals surface area (Å²) in [7, 11) is 0. The van der Waals surface area contributed by atoms with E-state index in [1.54, 1.807) is 34.8 Å². The van der Waals surface area contributed by atoms with Gasteiger partial charge in [-0.1, -0.05) is 11.6 Å². The SMILES string of the molecule is Cc1cc(Cl)ccc1OC(C)C(=O)N1Cc2cnn(CCO)c2C1. The third-order valence-electron chi connectivity index (χ3n) is 4.15. The number of halogens is 1. The zero-order valence-corrected chi connectivity index (χ0v) is 14.5. The van der Waals surface area contributed by atoms with Gasteiger partial charge in [0.2, 0.25) is 0 Å². The second kappa shape index (κ2) is 6.83. The molecule has 1 atom stereocenters. The highest BCUT2D eigenvalue weighted by molar-refractivity contribution is 6.30. The topological polar surface area (TPSA) is 67.6 Å². The van der Waals surface area contributed by atoms with Crippen LogP contribution in [0, 0.1) is 6.92 Å². The maximum Gasteiger partial charge on any atom is 0.264 e. The molecule has 0 fully saturated rings. The molecule has 7 heteroatoms. The largest absolute Gasteiger partial charge is 0.481 e. The van der Waals surface area contributed by atoms with Crippen LogP contribution in [0.4, 0.5) is 0 Å². The minimum absolute atomic E-state index is 0.0252. The fraction of sp³-hybridized carbons (Fsp3) is 0.412. The Kier molecular flexibility index (Phi) is 4.78. The number of hydrogen-bond acceptors (Lipinski definition) is 4. The smallest absolute Gasteiger partial charge is 0.264 e. The highest BCUT2D eigenvalue weighted by Gasteiger charge is 2.30. The van der Waals surface area contributed by atoms with Gasteiger partial charge in [0.05, 0.1) is 31.6 Å². The van der Waals surface area contributed by atoms with Gasteiger partial charge in [0.25, 0.3) is 5.91 Å². The lowest BCUT2D eigenvalue weighted by atomic mass is 10.2. The van der Waals surface area contributed by atoms with E-state index in [1.165, 1.54) is 0 Å². The number of fused-ring (bicyclic) bond motifs is 1. The molecule has 0 saturated heterocycles. The lowest BCUT2D eigenvalue weighted by Gasteiger charge is -2.22. The van der Waals surface area contributed by atoms with Crippen molar-refractivity contribution in [1.82, 2.24) is 14.7 Å². The fourth-order valence-electron chi connectivity index (χ4n) is 2.89.